The molecule has 0 bridgehead atoms. The van der Waals surface area contributed by atoms with Gasteiger partial charge in [-0.2, -0.15) is 0 Å². The van der Waals surface area contributed by atoms with E-state index in [1.807, 2.05) is 70.3 Å². The maximum atomic E-state index is 14.2. The molecule has 1 fully saturated rings. The molecule has 11 heteroatoms. The number of likely N-dealkylation sites (N-methyl/N-ethyl adjacent to an activating group) is 1. The van der Waals surface area contributed by atoms with Crippen LogP contribution in [-0.2, 0) is 12.2 Å². The Hall–Kier alpha value is -4.02. The Balaban J connectivity index is 1.13. The molecule has 44 heavy (non-hydrogen) atoms. The van der Waals surface area contributed by atoms with Crippen molar-refractivity contribution in [3.8, 4) is 11.5 Å². The number of halogens is 2. The highest BCUT2D eigenvalue weighted by Crippen LogP contribution is 2.29. The number of aromatic nitrogens is 2. The number of piperazine rings is 1. The molecule has 0 atom stereocenters. The lowest BCUT2D eigenvalue weighted by Crippen LogP contribution is -2.49. The van der Waals surface area contributed by atoms with Gasteiger partial charge in [0, 0.05) is 57.2 Å². The number of benzene rings is 3. The lowest BCUT2D eigenvalue weighted by molar-refractivity contribution is 0.0746. The predicted octanol–water partition coefficient (Wildman–Crippen LogP) is 6.22. The van der Waals surface area contributed by atoms with E-state index in [-0.39, 0.29) is 11.7 Å². The molecule has 1 aliphatic heterocycles. The number of thioether (sulfide) groups is 1. The van der Waals surface area contributed by atoms with Crippen molar-refractivity contribution in [1.82, 2.24) is 14.9 Å². The van der Waals surface area contributed by atoms with Crippen molar-refractivity contribution in [2.45, 2.75) is 17.3 Å². The molecule has 0 aliphatic carbocycles. The predicted molar refractivity (Wildman–Crippen MR) is 174 cm³/mol. The number of nitrogens with zero attached hydrogens (tertiary/aromatic N) is 5. The highest BCUT2D eigenvalue weighted by atomic mass is 35.5. The second kappa shape index (κ2) is 14.6. The number of carbonyl (C=O) groups excluding carboxylic acids is 1. The first-order chi connectivity index (χ1) is 21.3. The Labute approximate surface area is 266 Å². The van der Waals surface area contributed by atoms with Gasteiger partial charge >= 0.3 is 0 Å². The molecule has 0 unspecified atom stereocenters. The van der Waals surface area contributed by atoms with Crippen LogP contribution in [0.3, 0.4) is 0 Å². The van der Waals surface area contributed by atoms with Crippen molar-refractivity contribution in [2.75, 3.05) is 63.8 Å². The number of para-hydroxylation sites is 1. The highest BCUT2D eigenvalue weighted by molar-refractivity contribution is 7.98. The number of hydrogen-bond donors (Lipinski definition) is 0. The molecule has 0 spiro atoms. The number of methoxy groups -OCH3 is 2. The van der Waals surface area contributed by atoms with Crippen LogP contribution in [-0.4, -0.2) is 74.8 Å². The Morgan fingerprint density at radius 2 is 1.64 bits per heavy atom. The SMILES string of the molecule is COc1ccc(CCN(C)c2cc(Cl)nc(SCc3ccc(C(=O)N4CCN(c5ccccc5F)CC4)cc3)n2)cc1OC. The third-order valence-corrected chi connectivity index (χ3v) is 8.68. The Kier molecular flexibility index (Phi) is 10.4. The zero-order valence-electron chi connectivity index (χ0n) is 25.0. The zero-order chi connectivity index (χ0) is 31.1. The van der Waals surface area contributed by atoms with E-state index >= 15 is 0 Å². The minimum absolute atomic E-state index is 0.0173. The smallest absolute Gasteiger partial charge is 0.253 e. The van der Waals surface area contributed by atoms with Crippen LogP contribution >= 0.6 is 23.4 Å². The van der Waals surface area contributed by atoms with Crippen LogP contribution in [0.2, 0.25) is 5.15 Å². The molecule has 1 aliphatic rings. The molecule has 1 aromatic heterocycles. The van der Waals surface area contributed by atoms with Crippen molar-refractivity contribution in [2.24, 2.45) is 0 Å². The Morgan fingerprint density at radius 3 is 2.34 bits per heavy atom. The molecule has 5 rings (SSSR count). The zero-order valence-corrected chi connectivity index (χ0v) is 26.6. The summed E-state index contributed by atoms with van der Waals surface area (Å²) >= 11 is 7.85. The van der Waals surface area contributed by atoms with Crippen LogP contribution in [0.15, 0.2) is 78.0 Å². The number of anilines is 2. The lowest BCUT2D eigenvalue weighted by atomic mass is 10.1. The van der Waals surface area contributed by atoms with E-state index in [1.165, 1.54) is 17.8 Å². The fourth-order valence-corrected chi connectivity index (χ4v) is 6.06. The van der Waals surface area contributed by atoms with Gasteiger partial charge in [-0.25, -0.2) is 14.4 Å². The van der Waals surface area contributed by atoms with Crippen molar-refractivity contribution < 1.29 is 18.7 Å². The molecule has 230 valence electrons. The van der Waals surface area contributed by atoms with Gasteiger partial charge in [-0.05, 0) is 53.9 Å². The van der Waals surface area contributed by atoms with Crippen LogP contribution in [0.25, 0.3) is 0 Å². The number of hydrogen-bond acceptors (Lipinski definition) is 8. The summed E-state index contributed by atoms with van der Waals surface area (Å²) < 4.78 is 24.9. The summed E-state index contributed by atoms with van der Waals surface area (Å²) in [4.78, 5) is 28.1. The molecule has 4 aromatic rings. The van der Waals surface area contributed by atoms with Gasteiger partial charge < -0.3 is 24.2 Å². The summed E-state index contributed by atoms with van der Waals surface area (Å²) in [6.45, 7) is 2.99. The fourth-order valence-electron chi connectivity index (χ4n) is 5.03. The van der Waals surface area contributed by atoms with Crippen molar-refractivity contribution in [3.05, 3.63) is 100 Å². The molecule has 8 nitrogen and oxygen atoms in total. The van der Waals surface area contributed by atoms with Gasteiger partial charge in [-0.1, -0.05) is 53.7 Å². The molecule has 0 radical (unpaired) electrons. The monoisotopic (exact) mass is 635 g/mol. The standard InChI is InChI=1S/C33H35ClFN5O3S/c1-38(15-14-23-10-13-28(42-2)29(20-23)43-3)31-21-30(34)36-33(37-31)44-22-24-8-11-25(12-9-24)32(41)40-18-16-39(17-19-40)27-7-5-4-6-26(27)35/h4-13,20-21H,14-19,22H2,1-3H3. The third kappa shape index (κ3) is 7.73. The van der Waals surface area contributed by atoms with E-state index in [1.54, 1.807) is 32.4 Å². The lowest BCUT2D eigenvalue weighted by Gasteiger charge is -2.36. The van der Waals surface area contributed by atoms with E-state index in [0.29, 0.717) is 65.0 Å². The Bertz CT molecular complexity index is 1580. The molecule has 0 saturated carbocycles. The molecule has 1 amide bonds. The van der Waals surface area contributed by atoms with Gasteiger partial charge in [0.2, 0.25) is 0 Å². The van der Waals surface area contributed by atoms with Crippen LogP contribution in [0, 0.1) is 5.82 Å². The van der Waals surface area contributed by atoms with Crippen molar-refractivity contribution in [1.29, 1.82) is 0 Å². The summed E-state index contributed by atoms with van der Waals surface area (Å²) in [5.41, 5.74) is 3.38. The van der Waals surface area contributed by atoms with Gasteiger partial charge in [0.05, 0.1) is 19.9 Å². The topological polar surface area (TPSA) is 71.0 Å². The first-order valence-corrected chi connectivity index (χ1v) is 15.7. The first kappa shape index (κ1) is 31.4. The molecule has 1 saturated heterocycles. The maximum absolute atomic E-state index is 14.2. The minimum atomic E-state index is -0.238. The summed E-state index contributed by atoms with van der Waals surface area (Å²) in [5, 5.41) is 0.963. The van der Waals surface area contributed by atoms with Gasteiger partial charge in [0.15, 0.2) is 16.7 Å². The first-order valence-electron chi connectivity index (χ1n) is 14.3. The molecular weight excluding hydrogens is 601 g/mol. The summed E-state index contributed by atoms with van der Waals surface area (Å²) in [6, 6.07) is 22.0. The summed E-state index contributed by atoms with van der Waals surface area (Å²) in [7, 11) is 5.23. The summed E-state index contributed by atoms with van der Waals surface area (Å²) in [6.07, 6.45) is 0.785. The number of amides is 1. The van der Waals surface area contributed by atoms with Gasteiger partial charge in [0.25, 0.3) is 5.91 Å². The van der Waals surface area contributed by atoms with Crippen LogP contribution in [0.1, 0.15) is 21.5 Å². The molecule has 2 heterocycles. The van der Waals surface area contributed by atoms with E-state index < -0.39 is 0 Å². The van der Waals surface area contributed by atoms with E-state index in [4.69, 9.17) is 26.1 Å². The van der Waals surface area contributed by atoms with E-state index in [9.17, 15) is 9.18 Å². The molecule has 3 aromatic carbocycles. The quantitative estimate of drug-likeness (QED) is 0.109. The van der Waals surface area contributed by atoms with Gasteiger partial charge in [-0.15, -0.1) is 0 Å². The highest BCUT2D eigenvalue weighted by Gasteiger charge is 2.23. The van der Waals surface area contributed by atoms with Crippen molar-refractivity contribution in [3.63, 3.8) is 0 Å². The van der Waals surface area contributed by atoms with E-state index in [0.717, 1.165) is 29.9 Å². The third-order valence-electron chi connectivity index (χ3n) is 7.56. The largest absolute Gasteiger partial charge is 0.493 e. The van der Waals surface area contributed by atoms with Crippen LogP contribution in [0.5, 0.6) is 11.5 Å². The summed E-state index contributed by atoms with van der Waals surface area (Å²) in [5.74, 6) is 2.52. The van der Waals surface area contributed by atoms with Crippen molar-refractivity contribution >= 4 is 40.8 Å². The van der Waals surface area contributed by atoms with Gasteiger partial charge in [0.1, 0.15) is 16.8 Å². The average molecular weight is 636 g/mol. The minimum Gasteiger partial charge on any atom is -0.493 e. The molecular formula is C33H35ClFN5O3S. The maximum Gasteiger partial charge on any atom is 0.253 e. The van der Waals surface area contributed by atoms with Crippen LogP contribution in [0.4, 0.5) is 15.9 Å². The van der Waals surface area contributed by atoms with Crippen LogP contribution < -0.4 is 19.3 Å². The average Bonchev–Trinajstić information content (AvgIpc) is 3.06. The Morgan fingerprint density at radius 1 is 0.932 bits per heavy atom. The normalized spacial score (nSPS) is 13.1. The van der Waals surface area contributed by atoms with Gasteiger partial charge in [-0.3, -0.25) is 4.79 Å². The molecule has 0 N–H and O–H groups in total. The number of carbonyl (C=O) groups is 1. The number of rotatable bonds is 11. The second-order valence-electron chi connectivity index (χ2n) is 10.4. The van der Waals surface area contributed by atoms with E-state index in [2.05, 4.69) is 4.98 Å². The number of ether oxygens (including phenoxy) is 2. The fraction of sp³-hybridized carbons (Fsp3) is 0.303. The second-order valence-corrected chi connectivity index (χ2v) is 11.7.